The Hall–Kier alpha value is -1.09. The molecule has 7 heteroatoms. The van der Waals surface area contributed by atoms with Gasteiger partial charge in [-0.2, -0.15) is 5.10 Å². The molecule has 5 nitrogen and oxygen atoms in total. The highest BCUT2D eigenvalue weighted by Gasteiger charge is 2.06. The van der Waals surface area contributed by atoms with Crippen LogP contribution >= 0.6 is 35.3 Å². The van der Waals surface area contributed by atoms with Crippen LogP contribution in [-0.2, 0) is 13.1 Å². The van der Waals surface area contributed by atoms with Gasteiger partial charge in [-0.15, -0.1) is 35.3 Å². The summed E-state index contributed by atoms with van der Waals surface area (Å²) in [6, 6.07) is 4.09. The summed E-state index contributed by atoms with van der Waals surface area (Å²) in [6.45, 7) is 6.92. The van der Waals surface area contributed by atoms with Crippen molar-refractivity contribution in [1.29, 1.82) is 0 Å². The van der Waals surface area contributed by atoms with Crippen molar-refractivity contribution in [3.8, 4) is 0 Å². The molecule has 22 heavy (non-hydrogen) atoms. The Morgan fingerprint density at radius 2 is 2.27 bits per heavy atom. The maximum Gasteiger partial charge on any atom is 0.191 e. The molecule has 2 heterocycles. The van der Waals surface area contributed by atoms with Crippen LogP contribution in [0.4, 0.5) is 0 Å². The van der Waals surface area contributed by atoms with Crippen molar-refractivity contribution in [2.24, 2.45) is 10.9 Å². The number of hydrogen-bond acceptors (Lipinski definition) is 3. The third-order valence-electron chi connectivity index (χ3n) is 3.28. The number of nitrogens with zero attached hydrogens (tertiary/aromatic N) is 3. The number of hydrogen-bond donors (Lipinski definition) is 2. The summed E-state index contributed by atoms with van der Waals surface area (Å²) in [5.41, 5.74) is 1.33. The van der Waals surface area contributed by atoms with Gasteiger partial charge in [-0.25, -0.2) is 0 Å². The van der Waals surface area contributed by atoms with Gasteiger partial charge in [0.15, 0.2) is 5.96 Å². The molecule has 2 aromatic heterocycles. The van der Waals surface area contributed by atoms with E-state index in [0.717, 1.165) is 25.6 Å². The molecule has 0 aromatic carbocycles. The lowest BCUT2D eigenvalue weighted by Gasteiger charge is -2.16. The van der Waals surface area contributed by atoms with Crippen LogP contribution in [0.3, 0.4) is 0 Å². The third-order valence-corrected chi connectivity index (χ3v) is 4.31. The van der Waals surface area contributed by atoms with Gasteiger partial charge in [-0.05, 0) is 35.9 Å². The summed E-state index contributed by atoms with van der Waals surface area (Å²) in [7, 11) is 1.80. The first kappa shape index (κ1) is 19.0. The van der Waals surface area contributed by atoms with Crippen LogP contribution in [0.15, 0.2) is 34.9 Å². The maximum absolute atomic E-state index is 4.26. The minimum absolute atomic E-state index is 0. The summed E-state index contributed by atoms with van der Waals surface area (Å²) in [5.74, 6) is 1.32. The summed E-state index contributed by atoms with van der Waals surface area (Å²) < 4.78 is 1.96. The van der Waals surface area contributed by atoms with E-state index in [9.17, 15) is 0 Å². The number of aliphatic imine (C=N–C) groups is 1. The molecule has 0 bridgehead atoms. The van der Waals surface area contributed by atoms with E-state index < -0.39 is 0 Å². The zero-order valence-corrected chi connectivity index (χ0v) is 16.4. The van der Waals surface area contributed by atoms with Crippen molar-refractivity contribution < 1.29 is 0 Å². The second-order valence-corrected chi connectivity index (χ2v) is 6.17. The summed E-state index contributed by atoms with van der Waals surface area (Å²) >= 11 is 1.77. The molecule has 2 aromatic rings. The summed E-state index contributed by atoms with van der Waals surface area (Å²) in [5, 5.41) is 13.1. The molecule has 0 fully saturated rings. The Bertz CT molecular complexity index is 564. The van der Waals surface area contributed by atoms with Gasteiger partial charge in [0.25, 0.3) is 0 Å². The Morgan fingerprint density at radius 3 is 2.86 bits per heavy atom. The van der Waals surface area contributed by atoms with Crippen LogP contribution in [0.2, 0.25) is 0 Å². The lowest BCUT2D eigenvalue weighted by atomic mass is 10.2. The van der Waals surface area contributed by atoms with E-state index in [1.165, 1.54) is 10.4 Å². The van der Waals surface area contributed by atoms with E-state index in [4.69, 9.17) is 0 Å². The molecule has 0 saturated carbocycles. The molecule has 2 N–H and O–H groups in total. The lowest BCUT2D eigenvalue weighted by Crippen LogP contribution is -2.39. The number of aryl methyl sites for hydroxylation is 1. The van der Waals surface area contributed by atoms with Crippen LogP contribution in [0.25, 0.3) is 0 Å². The zero-order chi connectivity index (χ0) is 15.1. The monoisotopic (exact) mass is 433 g/mol. The van der Waals surface area contributed by atoms with Crippen molar-refractivity contribution in [3.05, 3.63) is 40.3 Å². The molecule has 0 saturated heterocycles. The quantitative estimate of drug-likeness (QED) is 0.419. The molecule has 0 spiro atoms. The third kappa shape index (κ3) is 5.96. The highest BCUT2D eigenvalue weighted by Crippen LogP contribution is 2.14. The number of thiophene rings is 1. The number of halogens is 1. The zero-order valence-electron chi connectivity index (χ0n) is 13.2. The number of rotatable bonds is 6. The fourth-order valence-electron chi connectivity index (χ4n) is 2.03. The topological polar surface area (TPSA) is 54.2 Å². The first-order chi connectivity index (χ1) is 10.2. The van der Waals surface area contributed by atoms with Gasteiger partial charge in [-0.1, -0.05) is 6.92 Å². The molecule has 0 amide bonds. The van der Waals surface area contributed by atoms with Crippen molar-refractivity contribution in [1.82, 2.24) is 20.4 Å². The molecule has 0 aliphatic rings. The maximum atomic E-state index is 4.26. The van der Waals surface area contributed by atoms with Crippen molar-refractivity contribution >= 4 is 41.3 Å². The fraction of sp³-hybridized carbons (Fsp3) is 0.467. The number of nitrogens with one attached hydrogen (secondary N) is 2. The Kier molecular flexibility index (Phi) is 8.47. The smallest absolute Gasteiger partial charge is 0.191 e. The molecule has 122 valence electrons. The van der Waals surface area contributed by atoms with E-state index in [-0.39, 0.29) is 24.0 Å². The first-order valence-corrected chi connectivity index (χ1v) is 8.02. The van der Waals surface area contributed by atoms with Gasteiger partial charge in [0.05, 0.1) is 6.54 Å². The van der Waals surface area contributed by atoms with Crippen LogP contribution in [0.1, 0.15) is 17.4 Å². The lowest BCUT2D eigenvalue weighted by molar-refractivity contribution is 0.443. The fourth-order valence-corrected chi connectivity index (χ4v) is 2.88. The molecule has 1 atom stereocenters. The second-order valence-electron chi connectivity index (χ2n) is 5.17. The van der Waals surface area contributed by atoms with E-state index in [1.807, 2.05) is 23.1 Å². The normalized spacial score (nSPS) is 12.6. The molecular weight excluding hydrogens is 409 g/mol. The first-order valence-electron chi connectivity index (χ1n) is 7.14. The van der Waals surface area contributed by atoms with Crippen LogP contribution in [-0.4, -0.2) is 29.3 Å². The van der Waals surface area contributed by atoms with E-state index in [1.54, 1.807) is 18.4 Å². The van der Waals surface area contributed by atoms with Crippen molar-refractivity contribution in [3.63, 3.8) is 0 Å². The minimum atomic E-state index is 0. The van der Waals surface area contributed by atoms with Gasteiger partial charge in [0.2, 0.25) is 0 Å². The molecule has 0 aliphatic heterocycles. The summed E-state index contributed by atoms with van der Waals surface area (Å²) in [4.78, 5) is 5.61. The SMILES string of the molecule is CN=C(NCc1sccc1C)NCC(C)Cn1cccn1.I. The van der Waals surface area contributed by atoms with Crippen molar-refractivity contribution in [2.75, 3.05) is 13.6 Å². The summed E-state index contributed by atoms with van der Waals surface area (Å²) in [6.07, 6.45) is 3.80. The largest absolute Gasteiger partial charge is 0.356 e. The Balaban J connectivity index is 0.00000242. The van der Waals surface area contributed by atoms with Crippen LogP contribution < -0.4 is 10.6 Å². The minimum Gasteiger partial charge on any atom is -0.356 e. The van der Waals surface area contributed by atoms with Gasteiger partial charge < -0.3 is 10.6 Å². The molecular formula is C15H24IN5S. The predicted molar refractivity (Wildman–Crippen MR) is 104 cm³/mol. The molecule has 0 aliphatic carbocycles. The van der Waals surface area contributed by atoms with Gasteiger partial charge in [0, 0.05) is 37.4 Å². The number of guanidine groups is 1. The average Bonchev–Trinajstić information content (AvgIpc) is 3.11. The van der Waals surface area contributed by atoms with Crippen LogP contribution in [0, 0.1) is 12.8 Å². The standard InChI is InChI=1S/C15H23N5S.HI/c1-12(11-20-7-4-6-19-20)9-17-15(16-3)18-10-14-13(2)5-8-21-14;/h4-8,12H,9-11H2,1-3H3,(H2,16,17,18);1H. The Morgan fingerprint density at radius 1 is 1.45 bits per heavy atom. The number of aromatic nitrogens is 2. The molecule has 0 radical (unpaired) electrons. The molecule has 1 unspecified atom stereocenters. The predicted octanol–water partition coefficient (Wildman–Crippen LogP) is 2.87. The van der Waals surface area contributed by atoms with Gasteiger partial charge >= 0.3 is 0 Å². The van der Waals surface area contributed by atoms with Gasteiger partial charge in [-0.3, -0.25) is 9.67 Å². The highest BCUT2D eigenvalue weighted by atomic mass is 127. The van der Waals surface area contributed by atoms with E-state index in [0.29, 0.717) is 5.92 Å². The Labute approximate surface area is 153 Å². The van der Waals surface area contributed by atoms with Gasteiger partial charge in [0.1, 0.15) is 0 Å². The van der Waals surface area contributed by atoms with E-state index >= 15 is 0 Å². The highest BCUT2D eigenvalue weighted by molar-refractivity contribution is 14.0. The average molecular weight is 433 g/mol. The van der Waals surface area contributed by atoms with E-state index in [2.05, 4.69) is 46.0 Å². The molecule has 2 rings (SSSR count). The second kappa shape index (κ2) is 9.83. The van der Waals surface area contributed by atoms with Crippen molar-refractivity contribution in [2.45, 2.75) is 26.9 Å². The van der Waals surface area contributed by atoms with Crippen LogP contribution in [0.5, 0.6) is 0 Å².